The smallest absolute Gasteiger partial charge is 0.248 e. The van der Waals surface area contributed by atoms with Crippen LogP contribution in [0.2, 0.25) is 5.02 Å². The van der Waals surface area contributed by atoms with Gasteiger partial charge in [-0.15, -0.1) is 0 Å². The lowest BCUT2D eigenvalue weighted by atomic mass is 10.1. The van der Waals surface area contributed by atoms with E-state index in [0.717, 1.165) is 27.9 Å². The number of halogens is 1. The zero-order chi connectivity index (χ0) is 20.2. The lowest BCUT2D eigenvalue weighted by Gasteiger charge is -2.13. The van der Waals surface area contributed by atoms with Crippen LogP contribution in [0.15, 0.2) is 65.7 Å². The molecule has 0 aliphatic heterocycles. The van der Waals surface area contributed by atoms with Crippen molar-refractivity contribution in [3.63, 3.8) is 0 Å². The summed E-state index contributed by atoms with van der Waals surface area (Å²) in [5.41, 5.74) is 3.48. The van der Waals surface area contributed by atoms with Crippen molar-refractivity contribution >= 4 is 22.5 Å². The molecule has 4 aromatic rings. The van der Waals surface area contributed by atoms with Gasteiger partial charge in [0.15, 0.2) is 0 Å². The Bertz CT molecular complexity index is 1190. The van der Waals surface area contributed by atoms with Crippen molar-refractivity contribution < 1.29 is 9.84 Å². The van der Waals surface area contributed by atoms with Crippen LogP contribution in [-0.2, 0) is 12.8 Å². The van der Waals surface area contributed by atoms with E-state index in [2.05, 4.69) is 15.0 Å². The summed E-state index contributed by atoms with van der Waals surface area (Å²) in [6, 6.07) is 14.2. The van der Waals surface area contributed by atoms with Crippen LogP contribution in [0, 0.1) is 0 Å². The Morgan fingerprint density at radius 2 is 2.03 bits per heavy atom. The summed E-state index contributed by atoms with van der Waals surface area (Å²) >= 11 is 6.03. The molecule has 1 atom stereocenters. The molecule has 0 aliphatic carbocycles. The van der Waals surface area contributed by atoms with E-state index < -0.39 is 6.10 Å². The molecule has 1 unspecified atom stereocenters. The zero-order valence-electron chi connectivity index (χ0n) is 15.6. The van der Waals surface area contributed by atoms with Gasteiger partial charge in [-0.1, -0.05) is 11.6 Å². The molecular weight excluding hydrogens is 390 g/mol. The number of fused-ring (bicyclic) bond motifs is 1. The van der Waals surface area contributed by atoms with E-state index in [-0.39, 0.29) is 12.2 Å². The van der Waals surface area contributed by atoms with Crippen molar-refractivity contribution in [1.82, 2.24) is 15.0 Å². The zero-order valence-corrected chi connectivity index (χ0v) is 16.3. The van der Waals surface area contributed by atoms with Gasteiger partial charge in [-0.25, -0.2) is 0 Å². The molecule has 0 saturated carbocycles. The van der Waals surface area contributed by atoms with E-state index in [9.17, 15) is 9.90 Å². The van der Waals surface area contributed by atoms with Gasteiger partial charge in [0.1, 0.15) is 12.4 Å². The molecule has 0 bridgehead atoms. The Hall–Kier alpha value is -3.09. The second-order valence-electron chi connectivity index (χ2n) is 6.86. The van der Waals surface area contributed by atoms with Crippen LogP contribution in [0.25, 0.3) is 10.9 Å². The molecule has 0 spiro atoms. The van der Waals surface area contributed by atoms with Gasteiger partial charge in [0, 0.05) is 58.6 Å². The predicted octanol–water partition coefficient (Wildman–Crippen LogP) is 3.48. The van der Waals surface area contributed by atoms with Crippen molar-refractivity contribution in [2.24, 2.45) is 0 Å². The lowest BCUT2D eigenvalue weighted by Crippen LogP contribution is -2.21. The third-order valence-electron chi connectivity index (χ3n) is 4.66. The monoisotopic (exact) mass is 409 g/mol. The van der Waals surface area contributed by atoms with Crippen LogP contribution in [0.1, 0.15) is 17.0 Å². The Balaban J connectivity index is 1.38. The minimum Gasteiger partial charge on any atom is -0.491 e. The van der Waals surface area contributed by atoms with Crippen LogP contribution in [0.4, 0.5) is 0 Å². The van der Waals surface area contributed by atoms with E-state index in [1.165, 1.54) is 6.07 Å². The highest BCUT2D eigenvalue weighted by molar-refractivity contribution is 6.30. The molecular formula is C22H20ClN3O3. The van der Waals surface area contributed by atoms with Crippen molar-refractivity contribution in [2.45, 2.75) is 18.9 Å². The quantitative estimate of drug-likeness (QED) is 0.436. The summed E-state index contributed by atoms with van der Waals surface area (Å²) in [6.07, 6.45) is 3.93. The highest BCUT2D eigenvalue weighted by Crippen LogP contribution is 2.20. The number of aliphatic hydroxyl groups is 1. The van der Waals surface area contributed by atoms with Crippen LogP contribution in [-0.4, -0.2) is 32.8 Å². The maximum atomic E-state index is 11.4. The number of rotatable bonds is 7. The molecule has 29 heavy (non-hydrogen) atoms. The molecule has 0 aliphatic rings. The highest BCUT2D eigenvalue weighted by atomic mass is 35.5. The maximum absolute atomic E-state index is 11.4. The summed E-state index contributed by atoms with van der Waals surface area (Å²) in [7, 11) is 0. The molecule has 7 heteroatoms. The lowest BCUT2D eigenvalue weighted by molar-refractivity contribution is 0.107. The molecule has 0 fully saturated rings. The van der Waals surface area contributed by atoms with E-state index in [1.54, 1.807) is 30.5 Å². The standard InChI is InChI=1S/C22H20ClN3O3/c23-16-6-8-24-17(11-16)9-15-5-7-25-21(15)12-18(27)13-29-19-2-3-20-14(10-19)1-4-22(28)26-20/h1-8,10-11,18,25,27H,9,12-13H2,(H,26,28). The minimum absolute atomic E-state index is 0.142. The SMILES string of the molecule is O=c1ccc2cc(OCC(O)Cc3[nH]ccc3Cc3cc(Cl)ccn3)ccc2[nH]1. The average molecular weight is 410 g/mol. The first kappa shape index (κ1) is 19.2. The van der Waals surface area contributed by atoms with Gasteiger partial charge < -0.3 is 19.8 Å². The number of ether oxygens (including phenoxy) is 1. The molecule has 0 amide bonds. The second-order valence-corrected chi connectivity index (χ2v) is 7.30. The van der Waals surface area contributed by atoms with E-state index >= 15 is 0 Å². The fourth-order valence-electron chi connectivity index (χ4n) is 3.24. The number of nitrogens with zero attached hydrogens (tertiary/aromatic N) is 1. The van der Waals surface area contributed by atoms with Crippen LogP contribution < -0.4 is 10.3 Å². The van der Waals surface area contributed by atoms with Crippen LogP contribution >= 0.6 is 11.6 Å². The third kappa shape index (κ3) is 4.85. The van der Waals surface area contributed by atoms with Gasteiger partial charge in [0.05, 0.1) is 6.10 Å². The van der Waals surface area contributed by atoms with Gasteiger partial charge in [0.2, 0.25) is 5.56 Å². The molecule has 6 nitrogen and oxygen atoms in total. The molecule has 4 rings (SSSR count). The molecule has 3 aromatic heterocycles. The van der Waals surface area contributed by atoms with Crippen molar-refractivity contribution in [3.8, 4) is 5.75 Å². The molecule has 3 heterocycles. The van der Waals surface area contributed by atoms with Crippen molar-refractivity contribution in [1.29, 1.82) is 0 Å². The van der Waals surface area contributed by atoms with Gasteiger partial charge in [-0.2, -0.15) is 0 Å². The largest absolute Gasteiger partial charge is 0.491 e. The first-order valence-corrected chi connectivity index (χ1v) is 9.64. The number of aromatic nitrogens is 3. The number of benzene rings is 1. The fourth-order valence-corrected chi connectivity index (χ4v) is 3.42. The van der Waals surface area contributed by atoms with E-state index in [0.29, 0.717) is 23.6 Å². The van der Waals surface area contributed by atoms with Gasteiger partial charge in [-0.05, 0) is 48.0 Å². The van der Waals surface area contributed by atoms with E-state index in [4.69, 9.17) is 16.3 Å². The summed E-state index contributed by atoms with van der Waals surface area (Å²) in [6.45, 7) is 0.155. The normalized spacial score (nSPS) is 12.2. The average Bonchev–Trinajstić information content (AvgIpc) is 3.13. The Kier molecular flexibility index (Phi) is 5.64. The summed E-state index contributed by atoms with van der Waals surface area (Å²) in [5, 5.41) is 12.0. The second kappa shape index (κ2) is 8.51. The molecule has 0 radical (unpaired) electrons. The molecule has 148 valence electrons. The number of pyridine rings is 2. The van der Waals surface area contributed by atoms with Crippen molar-refractivity contribution in [3.05, 3.63) is 93.3 Å². The Labute approximate surface area is 172 Å². The first-order chi connectivity index (χ1) is 14.1. The Morgan fingerprint density at radius 3 is 2.90 bits per heavy atom. The number of aromatic amines is 2. The minimum atomic E-state index is -0.675. The summed E-state index contributed by atoms with van der Waals surface area (Å²) in [5.74, 6) is 0.637. The number of hydrogen-bond donors (Lipinski definition) is 3. The molecule has 1 aromatic carbocycles. The first-order valence-electron chi connectivity index (χ1n) is 9.26. The third-order valence-corrected chi connectivity index (χ3v) is 4.89. The number of hydrogen-bond acceptors (Lipinski definition) is 4. The van der Waals surface area contributed by atoms with E-state index in [1.807, 2.05) is 24.4 Å². The maximum Gasteiger partial charge on any atom is 0.248 e. The number of H-pyrrole nitrogens is 2. The predicted molar refractivity (Wildman–Crippen MR) is 113 cm³/mol. The fraction of sp³-hybridized carbons (Fsp3) is 0.182. The number of aliphatic hydroxyl groups excluding tert-OH is 1. The van der Waals surface area contributed by atoms with Crippen LogP contribution in [0.5, 0.6) is 5.75 Å². The van der Waals surface area contributed by atoms with Gasteiger partial charge in [0.25, 0.3) is 0 Å². The number of nitrogens with one attached hydrogen (secondary N) is 2. The van der Waals surface area contributed by atoms with Gasteiger partial charge in [-0.3, -0.25) is 9.78 Å². The topological polar surface area (TPSA) is 91.0 Å². The molecule has 3 N–H and O–H groups in total. The highest BCUT2D eigenvalue weighted by Gasteiger charge is 2.13. The summed E-state index contributed by atoms with van der Waals surface area (Å²) in [4.78, 5) is 21.6. The van der Waals surface area contributed by atoms with Crippen LogP contribution in [0.3, 0.4) is 0 Å². The van der Waals surface area contributed by atoms with Crippen molar-refractivity contribution in [2.75, 3.05) is 6.61 Å². The summed E-state index contributed by atoms with van der Waals surface area (Å²) < 4.78 is 5.74. The molecule has 0 saturated heterocycles. The Morgan fingerprint density at radius 1 is 1.14 bits per heavy atom. The van der Waals surface area contributed by atoms with Gasteiger partial charge >= 0.3 is 0 Å².